The van der Waals surface area contributed by atoms with Gasteiger partial charge in [-0.1, -0.05) is 0 Å². The van der Waals surface area contributed by atoms with Gasteiger partial charge in [0.2, 0.25) is 0 Å². The highest BCUT2D eigenvalue weighted by molar-refractivity contribution is 7.08. The molecule has 0 fully saturated rings. The van der Waals surface area contributed by atoms with Crippen molar-refractivity contribution in [3.8, 4) is 17.3 Å². The van der Waals surface area contributed by atoms with Gasteiger partial charge in [0.1, 0.15) is 6.54 Å². The summed E-state index contributed by atoms with van der Waals surface area (Å²) in [6.07, 6.45) is 4.62. The molecular formula is C13H13N3S. The van der Waals surface area contributed by atoms with Crippen LogP contribution in [0.3, 0.4) is 0 Å². The Kier molecular flexibility index (Phi) is 2.69. The fraction of sp³-hybridized carbons (Fsp3) is 0.385. The standard InChI is InChI=1S/C13H13N3S/c14-6-7-16-12-4-2-1-3-11(12)13(15-16)10-5-8-17-9-10/h5,8-9H,1-4,7H2. The molecule has 0 aromatic carbocycles. The number of thiophene rings is 1. The summed E-state index contributed by atoms with van der Waals surface area (Å²) in [5, 5.41) is 17.7. The summed E-state index contributed by atoms with van der Waals surface area (Å²) >= 11 is 1.69. The van der Waals surface area contributed by atoms with E-state index in [-0.39, 0.29) is 0 Å². The van der Waals surface area contributed by atoms with Gasteiger partial charge in [-0.15, -0.1) is 0 Å². The first kappa shape index (κ1) is 10.5. The van der Waals surface area contributed by atoms with E-state index in [2.05, 4.69) is 28.0 Å². The highest BCUT2D eigenvalue weighted by Crippen LogP contribution is 2.32. The molecule has 4 heteroatoms. The molecule has 2 aromatic rings. The number of nitrogens with zero attached hydrogens (tertiary/aromatic N) is 3. The topological polar surface area (TPSA) is 41.6 Å². The van der Waals surface area contributed by atoms with Crippen molar-refractivity contribution >= 4 is 11.3 Å². The van der Waals surface area contributed by atoms with Crippen molar-refractivity contribution in [1.82, 2.24) is 9.78 Å². The molecule has 1 aliphatic carbocycles. The lowest BCUT2D eigenvalue weighted by molar-refractivity contribution is 0.605. The molecule has 0 bridgehead atoms. The van der Waals surface area contributed by atoms with Gasteiger partial charge in [-0.25, -0.2) is 0 Å². The number of aromatic nitrogens is 2. The van der Waals surface area contributed by atoms with Crippen molar-refractivity contribution in [2.24, 2.45) is 0 Å². The summed E-state index contributed by atoms with van der Waals surface area (Å²) in [5.74, 6) is 0. The summed E-state index contributed by atoms with van der Waals surface area (Å²) in [4.78, 5) is 0. The number of nitriles is 1. The highest BCUT2D eigenvalue weighted by atomic mass is 32.1. The lowest BCUT2D eigenvalue weighted by Crippen LogP contribution is -2.08. The normalized spacial score (nSPS) is 14.3. The molecule has 17 heavy (non-hydrogen) atoms. The second-order valence-electron chi connectivity index (χ2n) is 4.31. The molecule has 3 rings (SSSR count). The van der Waals surface area contributed by atoms with Gasteiger partial charge in [0.05, 0.1) is 11.8 Å². The zero-order valence-electron chi connectivity index (χ0n) is 9.52. The van der Waals surface area contributed by atoms with E-state index in [9.17, 15) is 0 Å². The van der Waals surface area contributed by atoms with Crippen molar-refractivity contribution in [3.63, 3.8) is 0 Å². The number of rotatable bonds is 2. The second kappa shape index (κ2) is 4.34. The van der Waals surface area contributed by atoms with Crippen LogP contribution in [0.4, 0.5) is 0 Å². The van der Waals surface area contributed by atoms with Crippen molar-refractivity contribution < 1.29 is 0 Å². The lowest BCUT2D eigenvalue weighted by atomic mass is 9.94. The third kappa shape index (κ3) is 1.77. The van der Waals surface area contributed by atoms with E-state index in [0.717, 1.165) is 18.5 Å². The summed E-state index contributed by atoms with van der Waals surface area (Å²) < 4.78 is 1.89. The van der Waals surface area contributed by atoms with Crippen molar-refractivity contribution in [3.05, 3.63) is 28.1 Å². The molecule has 0 aliphatic heterocycles. The third-order valence-electron chi connectivity index (χ3n) is 3.27. The average Bonchev–Trinajstić information content (AvgIpc) is 2.97. The van der Waals surface area contributed by atoms with Crippen molar-refractivity contribution in [1.29, 1.82) is 5.26 Å². The molecule has 2 heterocycles. The molecule has 0 amide bonds. The molecular weight excluding hydrogens is 230 g/mol. The van der Waals surface area contributed by atoms with Gasteiger partial charge in [-0.2, -0.15) is 21.7 Å². The van der Waals surface area contributed by atoms with Crippen LogP contribution in [0.5, 0.6) is 0 Å². The van der Waals surface area contributed by atoms with Gasteiger partial charge in [0.15, 0.2) is 0 Å². The minimum Gasteiger partial charge on any atom is -0.254 e. The first-order chi connectivity index (χ1) is 8.40. The van der Waals surface area contributed by atoms with Crippen molar-refractivity contribution in [2.45, 2.75) is 32.2 Å². The fourth-order valence-corrected chi connectivity index (χ4v) is 3.14. The van der Waals surface area contributed by atoms with Crippen LogP contribution in [0.25, 0.3) is 11.3 Å². The first-order valence-corrected chi connectivity index (χ1v) is 6.82. The van der Waals surface area contributed by atoms with E-state index >= 15 is 0 Å². The Morgan fingerprint density at radius 3 is 3.06 bits per heavy atom. The fourth-order valence-electron chi connectivity index (χ4n) is 2.50. The number of hydrogen-bond acceptors (Lipinski definition) is 3. The van der Waals surface area contributed by atoms with E-state index < -0.39 is 0 Å². The minimum absolute atomic E-state index is 0.368. The van der Waals surface area contributed by atoms with E-state index in [1.165, 1.54) is 29.7 Å². The van der Waals surface area contributed by atoms with Gasteiger partial charge in [0, 0.05) is 22.2 Å². The average molecular weight is 243 g/mol. The second-order valence-corrected chi connectivity index (χ2v) is 5.09. The third-order valence-corrected chi connectivity index (χ3v) is 3.96. The van der Waals surface area contributed by atoms with E-state index in [4.69, 9.17) is 5.26 Å². The van der Waals surface area contributed by atoms with Crippen LogP contribution in [0.15, 0.2) is 16.8 Å². The number of fused-ring (bicyclic) bond motifs is 1. The molecule has 3 nitrogen and oxygen atoms in total. The maximum atomic E-state index is 8.85. The SMILES string of the molecule is N#CCn1nc(-c2ccsc2)c2c1CCCC2. The smallest absolute Gasteiger partial charge is 0.128 e. The van der Waals surface area contributed by atoms with Gasteiger partial charge in [-0.3, -0.25) is 4.68 Å². The molecule has 0 saturated heterocycles. The summed E-state index contributed by atoms with van der Waals surface area (Å²) in [5.41, 5.74) is 4.94. The Balaban J connectivity index is 2.13. The van der Waals surface area contributed by atoms with Crippen LogP contribution in [0, 0.1) is 11.3 Å². The minimum atomic E-state index is 0.368. The molecule has 0 spiro atoms. The van der Waals surface area contributed by atoms with Crippen LogP contribution in [0.1, 0.15) is 24.1 Å². The van der Waals surface area contributed by atoms with Crippen LogP contribution in [-0.4, -0.2) is 9.78 Å². The molecule has 0 saturated carbocycles. The molecule has 86 valence electrons. The zero-order chi connectivity index (χ0) is 11.7. The van der Waals surface area contributed by atoms with Gasteiger partial charge < -0.3 is 0 Å². The Labute approximate surface area is 104 Å². The summed E-state index contributed by atoms with van der Waals surface area (Å²) in [6.45, 7) is 0.368. The van der Waals surface area contributed by atoms with Gasteiger partial charge in [-0.05, 0) is 37.1 Å². The molecule has 2 aromatic heterocycles. The predicted molar refractivity (Wildman–Crippen MR) is 67.8 cm³/mol. The maximum absolute atomic E-state index is 8.85. The largest absolute Gasteiger partial charge is 0.254 e. The molecule has 0 N–H and O–H groups in total. The zero-order valence-corrected chi connectivity index (χ0v) is 10.3. The number of hydrogen-bond donors (Lipinski definition) is 0. The molecule has 0 radical (unpaired) electrons. The van der Waals surface area contributed by atoms with Crippen LogP contribution in [0.2, 0.25) is 0 Å². The quantitative estimate of drug-likeness (QED) is 0.813. The maximum Gasteiger partial charge on any atom is 0.128 e. The van der Waals surface area contributed by atoms with Crippen LogP contribution in [-0.2, 0) is 19.4 Å². The Bertz CT molecular complexity index is 560. The molecule has 0 atom stereocenters. The summed E-state index contributed by atoms with van der Waals surface area (Å²) in [7, 11) is 0. The van der Waals surface area contributed by atoms with Crippen LogP contribution < -0.4 is 0 Å². The van der Waals surface area contributed by atoms with E-state index in [1.54, 1.807) is 11.3 Å². The molecule has 0 unspecified atom stereocenters. The predicted octanol–water partition coefficient (Wildman–Crippen LogP) is 3.01. The Morgan fingerprint density at radius 1 is 1.41 bits per heavy atom. The van der Waals surface area contributed by atoms with E-state index in [0.29, 0.717) is 6.54 Å². The summed E-state index contributed by atoms with van der Waals surface area (Å²) in [6, 6.07) is 4.31. The Morgan fingerprint density at radius 2 is 2.29 bits per heavy atom. The monoisotopic (exact) mass is 243 g/mol. The lowest BCUT2D eigenvalue weighted by Gasteiger charge is -2.12. The van der Waals surface area contributed by atoms with E-state index in [1.807, 2.05) is 4.68 Å². The van der Waals surface area contributed by atoms with Crippen molar-refractivity contribution in [2.75, 3.05) is 0 Å². The van der Waals surface area contributed by atoms with Gasteiger partial charge in [0.25, 0.3) is 0 Å². The first-order valence-electron chi connectivity index (χ1n) is 5.88. The molecule has 1 aliphatic rings. The Hall–Kier alpha value is -1.60. The highest BCUT2D eigenvalue weighted by Gasteiger charge is 2.21. The van der Waals surface area contributed by atoms with Crippen LogP contribution >= 0.6 is 11.3 Å². The van der Waals surface area contributed by atoms with Gasteiger partial charge >= 0.3 is 0 Å².